The number of carbonyl (C=O) groups is 2. The second kappa shape index (κ2) is 4.80. The van der Waals surface area contributed by atoms with E-state index in [9.17, 15) is 9.59 Å². The summed E-state index contributed by atoms with van der Waals surface area (Å²) in [6, 6.07) is 0. The molecule has 0 aromatic heterocycles. The first-order valence-corrected chi connectivity index (χ1v) is 4.44. The van der Waals surface area contributed by atoms with Crippen LogP contribution in [-0.4, -0.2) is 30.8 Å². The number of hydrogen-bond donors (Lipinski definition) is 2. The number of amides is 2. The summed E-state index contributed by atoms with van der Waals surface area (Å²) in [7, 11) is 0. The van der Waals surface area contributed by atoms with Gasteiger partial charge in [-0.25, -0.2) is 4.79 Å². The van der Waals surface area contributed by atoms with Crippen molar-refractivity contribution in [1.82, 2.24) is 0 Å². The molecule has 0 aromatic carbocycles. The highest BCUT2D eigenvalue weighted by molar-refractivity contribution is 5.74. The van der Waals surface area contributed by atoms with Crippen LogP contribution in [0, 0.1) is 0 Å². The first-order chi connectivity index (χ1) is 6.58. The molecule has 2 atom stereocenters. The summed E-state index contributed by atoms with van der Waals surface area (Å²) >= 11 is 0. The molecule has 1 aliphatic rings. The third kappa shape index (κ3) is 3.61. The fraction of sp³-hybridized carbons (Fsp3) is 0.750. The molecule has 1 heterocycles. The van der Waals surface area contributed by atoms with Crippen LogP contribution >= 0.6 is 0 Å². The van der Waals surface area contributed by atoms with Crippen LogP contribution in [0.25, 0.3) is 0 Å². The van der Waals surface area contributed by atoms with Crippen LogP contribution in [-0.2, 0) is 14.3 Å². The molecule has 6 heteroatoms. The molecule has 0 radical (unpaired) electrons. The molecule has 1 fully saturated rings. The van der Waals surface area contributed by atoms with Crippen LogP contribution < -0.4 is 11.5 Å². The predicted molar refractivity (Wildman–Crippen MR) is 47.2 cm³/mol. The van der Waals surface area contributed by atoms with Gasteiger partial charge in [0.1, 0.15) is 6.10 Å². The molecule has 0 unspecified atom stereocenters. The van der Waals surface area contributed by atoms with Crippen molar-refractivity contribution in [3.8, 4) is 0 Å². The largest absolute Gasteiger partial charge is 0.444 e. The molecule has 1 rings (SSSR count). The van der Waals surface area contributed by atoms with Gasteiger partial charge < -0.3 is 20.9 Å². The lowest BCUT2D eigenvalue weighted by atomic mass is 10.0. The predicted octanol–water partition coefficient (Wildman–Crippen LogP) is -0.495. The van der Waals surface area contributed by atoms with E-state index >= 15 is 0 Å². The molecule has 4 N–H and O–H groups in total. The third-order valence-corrected chi connectivity index (χ3v) is 2.04. The Balaban J connectivity index is 2.24. The van der Waals surface area contributed by atoms with Gasteiger partial charge in [-0.05, 0) is 12.8 Å². The van der Waals surface area contributed by atoms with Crippen LogP contribution in [0.1, 0.15) is 19.3 Å². The molecule has 2 amide bonds. The van der Waals surface area contributed by atoms with Gasteiger partial charge in [0.25, 0.3) is 0 Å². The Labute approximate surface area is 81.5 Å². The maximum absolute atomic E-state index is 10.6. The van der Waals surface area contributed by atoms with E-state index in [0.717, 1.165) is 0 Å². The molecule has 0 bridgehead atoms. The highest BCUT2D eigenvalue weighted by Crippen LogP contribution is 2.18. The SMILES string of the molecule is NC(=O)C[C@@H]1CC[C@@H](OC(N)=O)CO1. The maximum Gasteiger partial charge on any atom is 0.404 e. The van der Waals surface area contributed by atoms with E-state index in [-0.39, 0.29) is 31.1 Å². The van der Waals surface area contributed by atoms with Crippen molar-refractivity contribution in [2.45, 2.75) is 31.5 Å². The Morgan fingerprint density at radius 2 is 2.07 bits per heavy atom. The molecule has 1 saturated heterocycles. The van der Waals surface area contributed by atoms with Crippen molar-refractivity contribution in [2.24, 2.45) is 11.5 Å². The minimum atomic E-state index is -0.799. The van der Waals surface area contributed by atoms with Crippen molar-refractivity contribution in [3.05, 3.63) is 0 Å². The minimum absolute atomic E-state index is 0.153. The highest BCUT2D eigenvalue weighted by atomic mass is 16.6. The molecule has 0 aliphatic carbocycles. The van der Waals surface area contributed by atoms with Crippen molar-refractivity contribution >= 4 is 12.0 Å². The summed E-state index contributed by atoms with van der Waals surface area (Å²) in [6.45, 7) is 0.279. The van der Waals surface area contributed by atoms with Gasteiger partial charge in [0, 0.05) is 0 Å². The first-order valence-electron chi connectivity index (χ1n) is 4.44. The summed E-state index contributed by atoms with van der Waals surface area (Å²) in [6.07, 6.45) is 0.272. The molecule has 0 aromatic rings. The van der Waals surface area contributed by atoms with Crippen LogP contribution in [0.5, 0.6) is 0 Å². The van der Waals surface area contributed by atoms with Gasteiger partial charge in [0.2, 0.25) is 5.91 Å². The smallest absolute Gasteiger partial charge is 0.404 e. The minimum Gasteiger partial charge on any atom is -0.444 e. The monoisotopic (exact) mass is 202 g/mol. The summed E-state index contributed by atoms with van der Waals surface area (Å²) in [4.78, 5) is 21.0. The standard InChI is InChI=1S/C8H14N2O4/c9-7(11)3-5-1-2-6(4-13-5)14-8(10)12/h5-6H,1-4H2,(H2,9,11)(H2,10,12)/t5-,6+/m0/s1. The van der Waals surface area contributed by atoms with Crippen LogP contribution in [0.4, 0.5) is 4.79 Å². The molecule has 6 nitrogen and oxygen atoms in total. The van der Waals surface area contributed by atoms with E-state index in [4.69, 9.17) is 20.9 Å². The van der Waals surface area contributed by atoms with Gasteiger partial charge in [-0.1, -0.05) is 0 Å². The Morgan fingerprint density at radius 1 is 1.36 bits per heavy atom. The van der Waals surface area contributed by atoms with Crippen LogP contribution in [0.3, 0.4) is 0 Å². The molecule has 1 aliphatic heterocycles. The molecule has 14 heavy (non-hydrogen) atoms. The zero-order chi connectivity index (χ0) is 10.6. The number of nitrogens with two attached hydrogens (primary N) is 2. The van der Waals surface area contributed by atoms with Gasteiger partial charge in [-0.15, -0.1) is 0 Å². The van der Waals surface area contributed by atoms with Gasteiger partial charge >= 0.3 is 6.09 Å². The van der Waals surface area contributed by atoms with Crippen LogP contribution in [0.2, 0.25) is 0 Å². The Hall–Kier alpha value is -1.30. The van der Waals surface area contributed by atoms with Gasteiger partial charge in [0.05, 0.1) is 19.1 Å². The highest BCUT2D eigenvalue weighted by Gasteiger charge is 2.24. The summed E-state index contributed by atoms with van der Waals surface area (Å²) < 4.78 is 10.0. The summed E-state index contributed by atoms with van der Waals surface area (Å²) in [5.74, 6) is -0.385. The average Bonchev–Trinajstić information content (AvgIpc) is 2.06. The lowest BCUT2D eigenvalue weighted by Crippen LogP contribution is -2.36. The second-order valence-electron chi connectivity index (χ2n) is 3.26. The molecule has 0 saturated carbocycles. The number of rotatable bonds is 3. The number of carbonyl (C=O) groups excluding carboxylic acids is 2. The van der Waals surface area contributed by atoms with Crippen LogP contribution in [0.15, 0.2) is 0 Å². The normalized spacial score (nSPS) is 26.9. The van der Waals surface area contributed by atoms with E-state index in [1.165, 1.54) is 0 Å². The zero-order valence-corrected chi connectivity index (χ0v) is 7.77. The van der Waals surface area contributed by atoms with Crippen molar-refractivity contribution in [2.75, 3.05) is 6.61 Å². The van der Waals surface area contributed by atoms with E-state index in [2.05, 4.69) is 0 Å². The third-order valence-electron chi connectivity index (χ3n) is 2.04. The van der Waals surface area contributed by atoms with E-state index in [0.29, 0.717) is 12.8 Å². The lowest BCUT2D eigenvalue weighted by Gasteiger charge is -2.27. The van der Waals surface area contributed by atoms with Gasteiger partial charge in [-0.3, -0.25) is 4.79 Å². The molecular weight excluding hydrogens is 188 g/mol. The average molecular weight is 202 g/mol. The molecule has 0 spiro atoms. The van der Waals surface area contributed by atoms with E-state index in [1.54, 1.807) is 0 Å². The fourth-order valence-electron chi connectivity index (χ4n) is 1.42. The maximum atomic E-state index is 10.6. The Morgan fingerprint density at radius 3 is 2.50 bits per heavy atom. The van der Waals surface area contributed by atoms with E-state index < -0.39 is 6.09 Å². The van der Waals surface area contributed by atoms with E-state index in [1.807, 2.05) is 0 Å². The topological polar surface area (TPSA) is 105 Å². The second-order valence-corrected chi connectivity index (χ2v) is 3.26. The summed E-state index contributed by atoms with van der Waals surface area (Å²) in [5.41, 5.74) is 9.86. The number of ether oxygens (including phenoxy) is 2. The number of hydrogen-bond acceptors (Lipinski definition) is 4. The van der Waals surface area contributed by atoms with Gasteiger partial charge in [0.15, 0.2) is 0 Å². The Bertz CT molecular complexity index is 199. The first kappa shape index (κ1) is 10.8. The fourth-order valence-corrected chi connectivity index (χ4v) is 1.42. The Kier molecular flexibility index (Phi) is 3.70. The van der Waals surface area contributed by atoms with Gasteiger partial charge in [-0.2, -0.15) is 0 Å². The molecular formula is C8H14N2O4. The number of primary amides is 2. The zero-order valence-electron chi connectivity index (χ0n) is 7.77. The lowest BCUT2D eigenvalue weighted by molar-refractivity contribution is -0.124. The molecule has 80 valence electrons. The van der Waals surface area contributed by atoms with Crippen molar-refractivity contribution in [3.63, 3.8) is 0 Å². The van der Waals surface area contributed by atoms with Crippen molar-refractivity contribution in [1.29, 1.82) is 0 Å². The quantitative estimate of drug-likeness (QED) is 0.643. The summed E-state index contributed by atoms with van der Waals surface area (Å²) in [5, 5.41) is 0. The van der Waals surface area contributed by atoms with Crippen molar-refractivity contribution < 1.29 is 19.1 Å².